The second kappa shape index (κ2) is 4.90. The highest BCUT2D eigenvalue weighted by Gasteiger charge is 2.29. The highest BCUT2D eigenvalue weighted by molar-refractivity contribution is 7.80. The van der Waals surface area contributed by atoms with Gasteiger partial charge in [-0.2, -0.15) is 12.6 Å². The van der Waals surface area contributed by atoms with Crippen molar-refractivity contribution in [2.24, 2.45) is 0 Å². The molecular weight excluding hydrogens is 206 g/mol. The smallest absolute Gasteiger partial charge is 0.117 e. The monoisotopic (exact) mass is 223 g/mol. The third kappa shape index (κ3) is 3.14. The Balaban J connectivity index is 1.91. The lowest BCUT2D eigenvalue weighted by Crippen LogP contribution is -2.27. The summed E-state index contributed by atoms with van der Waals surface area (Å²) in [7, 11) is 0. The first-order valence-corrected chi connectivity index (χ1v) is 5.97. The second-order valence-corrected chi connectivity index (χ2v) is 4.44. The second-order valence-electron chi connectivity index (χ2n) is 4.12. The first kappa shape index (κ1) is 10.8. The van der Waals surface area contributed by atoms with Gasteiger partial charge >= 0.3 is 0 Å². The van der Waals surface area contributed by atoms with E-state index in [0.717, 1.165) is 30.6 Å². The molecule has 2 rings (SSSR count). The van der Waals surface area contributed by atoms with Crippen LogP contribution in [0.4, 0.5) is 0 Å². The number of furan rings is 1. The van der Waals surface area contributed by atoms with Crippen LogP contribution in [0.5, 0.6) is 0 Å². The van der Waals surface area contributed by atoms with E-state index in [1.165, 1.54) is 18.4 Å². The minimum Gasteiger partial charge on any atom is -0.468 e. The maximum atomic E-state index is 5.37. The topological polar surface area (TPSA) is 16.4 Å². The Morgan fingerprint density at radius 2 is 2.40 bits per heavy atom. The van der Waals surface area contributed by atoms with Crippen molar-refractivity contribution in [2.45, 2.75) is 25.4 Å². The van der Waals surface area contributed by atoms with Crippen LogP contribution in [-0.2, 0) is 6.54 Å². The van der Waals surface area contributed by atoms with Crippen molar-refractivity contribution < 1.29 is 4.42 Å². The lowest BCUT2D eigenvalue weighted by Gasteiger charge is -2.21. The SMILES string of the molecule is C=C(CS)CN(Cc1ccco1)C1CC1. The molecule has 0 aromatic carbocycles. The number of rotatable bonds is 6. The van der Waals surface area contributed by atoms with E-state index in [0.29, 0.717) is 0 Å². The quantitative estimate of drug-likeness (QED) is 0.589. The molecule has 3 heteroatoms. The van der Waals surface area contributed by atoms with Gasteiger partial charge in [0.2, 0.25) is 0 Å². The molecule has 0 amide bonds. The van der Waals surface area contributed by atoms with Crippen molar-refractivity contribution in [1.82, 2.24) is 4.90 Å². The summed E-state index contributed by atoms with van der Waals surface area (Å²) in [6.45, 7) is 5.84. The van der Waals surface area contributed by atoms with Crippen molar-refractivity contribution in [2.75, 3.05) is 12.3 Å². The van der Waals surface area contributed by atoms with Crippen molar-refractivity contribution >= 4 is 12.6 Å². The number of hydrogen-bond donors (Lipinski definition) is 1. The summed E-state index contributed by atoms with van der Waals surface area (Å²) in [5, 5.41) is 0. The van der Waals surface area contributed by atoms with Crippen LogP contribution >= 0.6 is 12.6 Å². The van der Waals surface area contributed by atoms with Gasteiger partial charge in [0.15, 0.2) is 0 Å². The van der Waals surface area contributed by atoms with Gasteiger partial charge in [-0.05, 0) is 25.0 Å². The molecule has 0 aliphatic heterocycles. The fraction of sp³-hybridized carbons (Fsp3) is 0.500. The third-order valence-electron chi connectivity index (χ3n) is 2.65. The molecular formula is C12H17NOS. The summed E-state index contributed by atoms with van der Waals surface area (Å²) in [5.41, 5.74) is 1.18. The molecule has 1 saturated carbocycles. The van der Waals surface area contributed by atoms with Crippen molar-refractivity contribution in [1.29, 1.82) is 0 Å². The van der Waals surface area contributed by atoms with Gasteiger partial charge in [-0.25, -0.2) is 0 Å². The van der Waals surface area contributed by atoms with Crippen LogP contribution in [0.1, 0.15) is 18.6 Å². The predicted octanol–water partition coefficient (Wildman–Crippen LogP) is 2.73. The Morgan fingerprint density at radius 1 is 1.60 bits per heavy atom. The number of thiol groups is 1. The molecule has 0 spiro atoms. The highest BCUT2D eigenvalue weighted by Crippen LogP contribution is 2.28. The molecule has 1 aromatic rings. The highest BCUT2D eigenvalue weighted by atomic mass is 32.1. The molecule has 0 radical (unpaired) electrons. The minimum atomic E-state index is 0.728. The molecule has 0 bridgehead atoms. The van der Waals surface area contributed by atoms with Gasteiger partial charge in [0.1, 0.15) is 5.76 Å². The van der Waals surface area contributed by atoms with Gasteiger partial charge in [0, 0.05) is 18.3 Å². The number of nitrogens with zero attached hydrogens (tertiary/aromatic N) is 1. The average molecular weight is 223 g/mol. The summed E-state index contributed by atoms with van der Waals surface area (Å²) >= 11 is 4.24. The largest absolute Gasteiger partial charge is 0.468 e. The molecule has 1 fully saturated rings. The molecule has 2 nitrogen and oxygen atoms in total. The van der Waals surface area contributed by atoms with E-state index in [-0.39, 0.29) is 0 Å². The van der Waals surface area contributed by atoms with Gasteiger partial charge < -0.3 is 4.42 Å². The van der Waals surface area contributed by atoms with E-state index in [4.69, 9.17) is 4.42 Å². The molecule has 82 valence electrons. The molecule has 1 aromatic heterocycles. The lowest BCUT2D eigenvalue weighted by atomic mass is 10.3. The molecule has 0 saturated heterocycles. The van der Waals surface area contributed by atoms with Gasteiger partial charge in [0.25, 0.3) is 0 Å². The van der Waals surface area contributed by atoms with Crippen LogP contribution < -0.4 is 0 Å². The van der Waals surface area contributed by atoms with E-state index in [9.17, 15) is 0 Å². The van der Waals surface area contributed by atoms with Crippen LogP contribution in [0.25, 0.3) is 0 Å². The van der Waals surface area contributed by atoms with E-state index in [1.807, 2.05) is 12.1 Å². The minimum absolute atomic E-state index is 0.728. The Bertz CT molecular complexity index is 316. The van der Waals surface area contributed by atoms with Crippen LogP contribution in [0, 0.1) is 0 Å². The molecule has 0 unspecified atom stereocenters. The van der Waals surface area contributed by atoms with Gasteiger partial charge in [-0.3, -0.25) is 4.90 Å². The van der Waals surface area contributed by atoms with Crippen LogP contribution in [0.15, 0.2) is 35.0 Å². The lowest BCUT2D eigenvalue weighted by molar-refractivity contribution is 0.253. The maximum absolute atomic E-state index is 5.37. The third-order valence-corrected chi connectivity index (χ3v) is 3.10. The summed E-state index contributed by atoms with van der Waals surface area (Å²) in [6, 6.07) is 4.69. The van der Waals surface area contributed by atoms with E-state index >= 15 is 0 Å². The zero-order chi connectivity index (χ0) is 10.7. The van der Waals surface area contributed by atoms with Crippen molar-refractivity contribution in [3.63, 3.8) is 0 Å². The summed E-state index contributed by atoms with van der Waals surface area (Å²) in [6.07, 6.45) is 4.34. The Hall–Kier alpha value is -0.670. The zero-order valence-electron chi connectivity index (χ0n) is 8.85. The fourth-order valence-electron chi connectivity index (χ4n) is 1.69. The molecule has 1 aliphatic rings. The molecule has 1 aliphatic carbocycles. The molecule has 0 atom stereocenters. The molecule has 0 N–H and O–H groups in total. The average Bonchev–Trinajstić information content (AvgIpc) is 2.97. The predicted molar refractivity (Wildman–Crippen MR) is 65.1 cm³/mol. The van der Waals surface area contributed by atoms with Crippen LogP contribution in [0.2, 0.25) is 0 Å². The van der Waals surface area contributed by atoms with Crippen LogP contribution in [0.3, 0.4) is 0 Å². The van der Waals surface area contributed by atoms with E-state index in [1.54, 1.807) is 6.26 Å². The van der Waals surface area contributed by atoms with Gasteiger partial charge in [-0.15, -0.1) is 0 Å². The van der Waals surface area contributed by atoms with Crippen molar-refractivity contribution in [3.8, 4) is 0 Å². The van der Waals surface area contributed by atoms with Crippen LogP contribution in [-0.4, -0.2) is 23.2 Å². The van der Waals surface area contributed by atoms with Gasteiger partial charge in [-0.1, -0.05) is 12.2 Å². The number of hydrogen-bond acceptors (Lipinski definition) is 3. The van der Waals surface area contributed by atoms with Gasteiger partial charge in [0.05, 0.1) is 12.8 Å². The maximum Gasteiger partial charge on any atom is 0.117 e. The van der Waals surface area contributed by atoms with E-state index in [2.05, 4.69) is 24.1 Å². The summed E-state index contributed by atoms with van der Waals surface area (Å²) in [4.78, 5) is 2.43. The van der Waals surface area contributed by atoms with E-state index < -0.39 is 0 Å². The standard InChI is InChI=1S/C12H17NOS/c1-10(9-15)7-13(11-4-5-11)8-12-3-2-6-14-12/h2-3,6,11,15H,1,4-5,7-9H2. The summed E-state index contributed by atoms with van der Waals surface area (Å²) < 4.78 is 5.37. The fourth-order valence-corrected chi connectivity index (χ4v) is 1.79. The zero-order valence-corrected chi connectivity index (χ0v) is 9.75. The Kier molecular flexibility index (Phi) is 3.54. The molecule has 1 heterocycles. The Labute approximate surface area is 96.4 Å². The summed E-state index contributed by atoms with van der Waals surface area (Å²) in [5.74, 6) is 1.80. The first-order valence-electron chi connectivity index (χ1n) is 5.33. The normalized spacial score (nSPS) is 15.9. The van der Waals surface area contributed by atoms with Crippen molar-refractivity contribution in [3.05, 3.63) is 36.3 Å². The Morgan fingerprint density at radius 3 is 2.93 bits per heavy atom. The molecule has 15 heavy (non-hydrogen) atoms. The first-order chi connectivity index (χ1) is 7.29.